The molecule has 1 atom stereocenters. The van der Waals surface area contributed by atoms with Crippen LogP contribution in [-0.4, -0.2) is 25.9 Å². The van der Waals surface area contributed by atoms with E-state index in [1.165, 1.54) is 6.07 Å². The van der Waals surface area contributed by atoms with E-state index in [2.05, 4.69) is 0 Å². The average Bonchev–Trinajstić information content (AvgIpc) is 2.46. The highest BCUT2D eigenvalue weighted by atomic mass is 19.4. The SMILES string of the molecule is COC1(C(N)c2cccc(C(F)(F)F)c2)CCOCC1. The fourth-order valence-electron chi connectivity index (χ4n) is 2.57. The summed E-state index contributed by atoms with van der Waals surface area (Å²) in [5, 5.41) is 0. The highest BCUT2D eigenvalue weighted by Gasteiger charge is 2.40. The van der Waals surface area contributed by atoms with Crippen LogP contribution in [0.2, 0.25) is 0 Å². The van der Waals surface area contributed by atoms with Crippen LogP contribution in [0.25, 0.3) is 0 Å². The second kappa shape index (κ2) is 5.71. The molecule has 1 aliphatic rings. The van der Waals surface area contributed by atoms with E-state index in [1.807, 2.05) is 0 Å². The van der Waals surface area contributed by atoms with Crippen LogP contribution in [0.1, 0.15) is 30.0 Å². The summed E-state index contributed by atoms with van der Waals surface area (Å²) in [6.07, 6.45) is -3.23. The maximum Gasteiger partial charge on any atom is 0.416 e. The van der Waals surface area contributed by atoms with Gasteiger partial charge in [-0.2, -0.15) is 13.2 Å². The third-order valence-electron chi connectivity index (χ3n) is 3.89. The van der Waals surface area contributed by atoms with Crippen molar-refractivity contribution < 1.29 is 22.6 Å². The third-order valence-corrected chi connectivity index (χ3v) is 3.89. The molecule has 0 aromatic heterocycles. The number of rotatable bonds is 3. The van der Waals surface area contributed by atoms with E-state index in [0.717, 1.165) is 12.1 Å². The molecule has 1 saturated heterocycles. The van der Waals surface area contributed by atoms with Crippen molar-refractivity contribution in [2.45, 2.75) is 30.7 Å². The molecule has 6 heteroatoms. The Labute approximate surface area is 115 Å². The quantitative estimate of drug-likeness (QED) is 0.930. The molecule has 0 radical (unpaired) electrons. The van der Waals surface area contributed by atoms with Gasteiger partial charge in [0.2, 0.25) is 0 Å². The highest BCUT2D eigenvalue weighted by Crippen LogP contribution is 2.37. The largest absolute Gasteiger partial charge is 0.416 e. The molecule has 0 bridgehead atoms. The molecule has 0 spiro atoms. The van der Waals surface area contributed by atoms with Gasteiger partial charge >= 0.3 is 6.18 Å². The Balaban J connectivity index is 2.30. The molecule has 1 fully saturated rings. The number of hydrogen-bond acceptors (Lipinski definition) is 3. The molecule has 1 aromatic carbocycles. The molecular formula is C14H18F3NO2. The fourth-order valence-corrected chi connectivity index (χ4v) is 2.57. The molecule has 0 aliphatic carbocycles. The van der Waals surface area contributed by atoms with E-state index < -0.39 is 23.4 Å². The Morgan fingerprint density at radius 1 is 1.30 bits per heavy atom. The maximum absolute atomic E-state index is 12.8. The van der Waals surface area contributed by atoms with E-state index in [1.54, 1.807) is 13.2 Å². The highest BCUT2D eigenvalue weighted by molar-refractivity contribution is 5.29. The van der Waals surface area contributed by atoms with Crippen LogP contribution < -0.4 is 5.73 Å². The van der Waals surface area contributed by atoms with Crippen LogP contribution >= 0.6 is 0 Å². The van der Waals surface area contributed by atoms with Crippen LogP contribution in [0.15, 0.2) is 24.3 Å². The van der Waals surface area contributed by atoms with Crippen LogP contribution in [-0.2, 0) is 15.7 Å². The Hall–Kier alpha value is -1.11. The van der Waals surface area contributed by atoms with E-state index in [0.29, 0.717) is 31.6 Å². The second-order valence-corrected chi connectivity index (χ2v) is 4.98. The van der Waals surface area contributed by atoms with Gasteiger partial charge in [-0.1, -0.05) is 12.1 Å². The Morgan fingerprint density at radius 3 is 2.50 bits per heavy atom. The number of nitrogens with two attached hydrogens (primary N) is 1. The molecule has 1 aliphatic heterocycles. The lowest BCUT2D eigenvalue weighted by atomic mass is 9.82. The van der Waals surface area contributed by atoms with Crippen LogP contribution in [0.4, 0.5) is 13.2 Å². The zero-order chi connectivity index (χ0) is 14.8. The molecule has 3 nitrogen and oxygen atoms in total. The first-order valence-electron chi connectivity index (χ1n) is 6.45. The van der Waals surface area contributed by atoms with Gasteiger partial charge in [0.05, 0.1) is 17.2 Å². The van der Waals surface area contributed by atoms with Crippen molar-refractivity contribution in [1.29, 1.82) is 0 Å². The number of halogens is 3. The van der Waals surface area contributed by atoms with Gasteiger partial charge in [0, 0.05) is 33.2 Å². The molecule has 1 unspecified atom stereocenters. The first-order chi connectivity index (χ1) is 9.39. The summed E-state index contributed by atoms with van der Waals surface area (Å²) in [6, 6.07) is 4.51. The second-order valence-electron chi connectivity index (χ2n) is 4.98. The van der Waals surface area contributed by atoms with Crippen molar-refractivity contribution >= 4 is 0 Å². The topological polar surface area (TPSA) is 44.5 Å². The number of hydrogen-bond donors (Lipinski definition) is 1. The van der Waals surface area contributed by atoms with E-state index >= 15 is 0 Å². The summed E-state index contributed by atoms with van der Waals surface area (Å²) < 4.78 is 49.1. The number of ether oxygens (including phenoxy) is 2. The van der Waals surface area contributed by atoms with Crippen molar-refractivity contribution in [1.82, 2.24) is 0 Å². The summed E-state index contributed by atoms with van der Waals surface area (Å²) in [7, 11) is 1.54. The van der Waals surface area contributed by atoms with E-state index in [9.17, 15) is 13.2 Å². The molecule has 20 heavy (non-hydrogen) atoms. The van der Waals surface area contributed by atoms with Gasteiger partial charge in [0.25, 0.3) is 0 Å². The van der Waals surface area contributed by atoms with Gasteiger partial charge in [-0.15, -0.1) is 0 Å². The predicted octanol–water partition coefficient (Wildman–Crippen LogP) is 2.90. The first-order valence-corrected chi connectivity index (χ1v) is 6.45. The number of alkyl halides is 3. The molecule has 0 amide bonds. The lowest BCUT2D eigenvalue weighted by molar-refractivity contribution is -0.137. The van der Waals surface area contributed by atoms with E-state index in [-0.39, 0.29) is 0 Å². The van der Waals surface area contributed by atoms with Crippen molar-refractivity contribution in [2.75, 3.05) is 20.3 Å². The third kappa shape index (κ3) is 2.97. The monoisotopic (exact) mass is 289 g/mol. The summed E-state index contributed by atoms with van der Waals surface area (Å²) in [6.45, 7) is 1.00. The standard InChI is InChI=1S/C14H18F3NO2/c1-19-13(5-7-20-8-6-13)12(18)10-3-2-4-11(9-10)14(15,16)17/h2-4,9,12H,5-8,18H2,1H3. The normalized spacial score (nSPS) is 20.6. The number of methoxy groups -OCH3 is 1. The minimum atomic E-state index is -4.37. The molecule has 1 heterocycles. The van der Waals surface area contributed by atoms with Gasteiger partial charge in [-0.25, -0.2) is 0 Å². The van der Waals surface area contributed by atoms with Crippen molar-refractivity contribution in [3.8, 4) is 0 Å². The van der Waals surface area contributed by atoms with Gasteiger partial charge in [0.15, 0.2) is 0 Å². The summed E-state index contributed by atoms with van der Waals surface area (Å²) in [5.74, 6) is 0. The van der Waals surface area contributed by atoms with Crippen LogP contribution in [0.5, 0.6) is 0 Å². The Kier molecular flexibility index (Phi) is 4.36. The molecule has 2 N–H and O–H groups in total. The lowest BCUT2D eigenvalue weighted by Crippen LogP contribution is -2.47. The fraction of sp³-hybridized carbons (Fsp3) is 0.571. The summed E-state index contributed by atoms with van der Waals surface area (Å²) in [5.41, 5.74) is 5.26. The Bertz CT molecular complexity index is 456. The summed E-state index contributed by atoms with van der Waals surface area (Å²) >= 11 is 0. The zero-order valence-electron chi connectivity index (χ0n) is 11.2. The molecular weight excluding hydrogens is 271 g/mol. The van der Waals surface area contributed by atoms with Crippen molar-refractivity contribution in [3.05, 3.63) is 35.4 Å². The molecule has 2 rings (SSSR count). The zero-order valence-corrected chi connectivity index (χ0v) is 11.2. The summed E-state index contributed by atoms with van der Waals surface area (Å²) in [4.78, 5) is 0. The van der Waals surface area contributed by atoms with Crippen molar-refractivity contribution in [3.63, 3.8) is 0 Å². The molecule has 0 saturated carbocycles. The van der Waals surface area contributed by atoms with E-state index in [4.69, 9.17) is 15.2 Å². The van der Waals surface area contributed by atoms with Crippen LogP contribution in [0, 0.1) is 0 Å². The Morgan fingerprint density at radius 2 is 1.95 bits per heavy atom. The molecule has 1 aromatic rings. The van der Waals surface area contributed by atoms with Gasteiger partial charge < -0.3 is 15.2 Å². The van der Waals surface area contributed by atoms with Crippen LogP contribution in [0.3, 0.4) is 0 Å². The first kappa shape index (κ1) is 15.3. The lowest BCUT2D eigenvalue weighted by Gasteiger charge is -2.40. The van der Waals surface area contributed by atoms with Gasteiger partial charge in [-0.05, 0) is 17.7 Å². The number of benzene rings is 1. The minimum Gasteiger partial charge on any atom is -0.381 e. The minimum absolute atomic E-state index is 0.434. The van der Waals surface area contributed by atoms with Gasteiger partial charge in [-0.3, -0.25) is 0 Å². The van der Waals surface area contributed by atoms with Gasteiger partial charge in [0.1, 0.15) is 0 Å². The predicted molar refractivity (Wildman–Crippen MR) is 68.2 cm³/mol. The molecule has 112 valence electrons. The smallest absolute Gasteiger partial charge is 0.381 e. The maximum atomic E-state index is 12.8. The average molecular weight is 289 g/mol. The van der Waals surface area contributed by atoms with Crippen molar-refractivity contribution in [2.24, 2.45) is 5.73 Å².